The third-order valence-corrected chi connectivity index (χ3v) is 5.13. The minimum absolute atomic E-state index is 0.519. The largest absolute Gasteiger partial charge is 0.360 e. The molecule has 1 N–H and O–H groups in total. The summed E-state index contributed by atoms with van der Waals surface area (Å²) in [6.07, 6.45) is 1.72. The van der Waals surface area contributed by atoms with Crippen LogP contribution in [0.3, 0.4) is 0 Å². The number of anilines is 1. The Morgan fingerprint density at radius 3 is 2.64 bits per heavy atom. The standard InChI is InChI=1S/C20H16BrN3S/c1-13-3-5-15(6-4-13)19-12-25-20(24-19)16(10-22)11-23-18-8-7-17(21)9-14(18)2/h3-9,11-12,23H,1-2H3. The zero-order valence-electron chi connectivity index (χ0n) is 13.9. The zero-order valence-corrected chi connectivity index (χ0v) is 16.3. The van der Waals surface area contributed by atoms with Crippen molar-refractivity contribution in [3.8, 4) is 17.3 Å². The summed E-state index contributed by atoms with van der Waals surface area (Å²) >= 11 is 4.93. The fraction of sp³-hybridized carbons (Fsp3) is 0.100. The first kappa shape index (κ1) is 17.4. The van der Waals surface area contributed by atoms with E-state index in [0.717, 1.165) is 27.0 Å². The van der Waals surface area contributed by atoms with E-state index in [1.54, 1.807) is 6.20 Å². The van der Waals surface area contributed by atoms with Crippen LogP contribution in [0.15, 0.2) is 58.5 Å². The minimum Gasteiger partial charge on any atom is -0.360 e. The summed E-state index contributed by atoms with van der Waals surface area (Å²) in [4.78, 5) is 4.61. The fourth-order valence-corrected chi connectivity index (χ4v) is 3.61. The summed E-state index contributed by atoms with van der Waals surface area (Å²) in [5, 5.41) is 15.4. The van der Waals surface area contributed by atoms with Crippen molar-refractivity contribution in [1.82, 2.24) is 4.98 Å². The van der Waals surface area contributed by atoms with Gasteiger partial charge in [-0.25, -0.2) is 4.98 Å². The average Bonchev–Trinajstić information content (AvgIpc) is 3.07. The first-order valence-corrected chi connectivity index (χ1v) is 9.40. The van der Waals surface area contributed by atoms with Crippen molar-refractivity contribution in [1.29, 1.82) is 5.26 Å². The number of nitrogens with zero attached hydrogens (tertiary/aromatic N) is 2. The van der Waals surface area contributed by atoms with Gasteiger partial charge in [0.05, 0.1) is 5.69 Å². The molecule has 0 aliphatic heterocycles. The highest BCUT2D eigenvalue weighted by molar-refractivity contribution is 9.10. The molecule has 0 radical (unpaired) electrons. The average molecular weight is 410 g/mol. The van der Waals surface area contributed by atoms with E-state index in [1.165, 1.54) is 16.9 Å². The summed E-state index contributed by atoms with van der Waals surface area (Å²) in [7, 11) is 0. The number of aryl methyl sites for hydroxylation is 2. The molecule has 1 heterocycles. The van der Waals surface area contributed by atoms with Crippen LogP contribution in [0.2, 0.25) is 0 Å². The summed E-state index contributed by atoms with van der Waals surface area (Å²) in [6.45, 7) is 4.08. The van der Waals surface area contributed by atoms with Crippen LogP contribution < -0.4 is 5.32 Å². The van der Waals surface area contributed by atoms with Crippen molar-refractivity contribution < 1.29 is 0 Å². The molecule has 0 unspecified atom stereocenters. The first-order valence-electron chi connectivity index (χ1n) is 7.73. The quantitative estimate of drug-likeness (QED) is 0.524. The molecule has 25 heavy (non-hydrogen) atoms. The van der Waals surface area contributed by atoms with Gasteiger partial charge in [-0.1, -0.05) is 45.8 Å². The normalized spacial score (nSPS) is 11.2. The molecular weight excluding hydrogens is 394 g/mol. The second-order valence-corrected chi connectivity index (χ2v) is 7.45. The molecule has 5 heteroatoms. The summed E-state index contributed by atoms with van der Waals surface area (Å²) in [5.74, 6) is 0. The number of allylic oxidation sites excluding steroid dienone is 1. The van der Waals surface area contributed by atoms with Crippen molar-refractivity contribution in [2.24, 2.45) is 0 Å². The predicted molar refractivity (Wildman–Crippen MR) is 108 cm³/mol. The van der Waals surface area contributed by atoms with Crippen LogP contribution in [0, 0.1) is 25.2 Å². The van der Waals surface area contributed by atoms with Gasteiger partial charge in [0, 0.05) is 27.3 Å². The second kappa shape index (κ2) is 7.64. The monoisotopic (exact) mass is 409 g/mol. The lowest BCUT2D eigenvalue weighted by Crippen LogP contribution is -1.93. The van der Waals surface area contributed by atoms with Crippen LogP contribution in [0.1, 0.15) is 16.1 Å². The van der Waals surface area contributed by atoms with Gasteiger partial charge in [-0.3, -0.25) is 0 Å². The number of benzene rings is 2. The lowest BCUT2D eigenvalue weighted by atomic mass is 10.1. The van der Waals surface area contributed by atoms with Crippen LogP contribution in [-0.4, -0.2) is 4.98 Å². The van der Waals surface area contributed by atoms with E-state index >= 15 is 0 Å². The number of aromatic nitrogens is 1. The van der Waals surface area contributed by atoms with Crippen LogP contribution in [0.25, 0.3) is 16.8 Å². The van der Waals surface area contributed by atoms with E-state index in [1.807, 2.05) is 42.6 Å². The fourth-order valence-electron chi connectivity index (χ4n) is 2.34. The van der Waals surface area contributed by atoms with E-state index in [2.05, 4.69) is 51.4 Å². The van der Waals surface area contributed by atoms with Gasteiger partial charge in [-0.05, 0) is 37.6 Å². The van der Waals surface area contributed by atoms with Gasteiger partial charge in [-0.15, -0.1) is 11.3 Å². The van der Waals surface area contributed by atoms with Crippen LogP contribution in [-0.2, 0) is 0 Å². The number of nitrogens with one attached hydrogen (secondary N) is 1. The van der Waals surface area contributed by atoms with E-state index in [0.29, 0.717) is 10.6 Å². The Hall–Kier alpha value is -2.42. The van der Waals surface area contributed by atoms with Crippen LogP contribution in [0.5, 0.6) is 0 Å². The SMILES string of the molecule is Cc1ccc(-c2csc(C(C#N)=CNc3ccc(Br)cc3C)n2)cc1. The maximum atomic E-state index is 9.49. The Bertz CT molecular complexity index is 965. The Morgan fingerprint density at radius 2 is 1.96 bits per heavy atom. The number of thiazole rings is 1. The Morgan fingerprint density at radius 1 is 1.20 bits per heavy atom. The second-order valence-electron chi connectivity index (χ2n) is 5.68. The van der Waals surface area contributed by atoms with E-state index in [9.17, 15) is 5.26 Å². The molecule has 0 spiro atoms. The van der Waals surface area contributed by atoms with Gasteiger partial charge in [0.1, 0.15) is 16.6 Å². The first-order chi connectivity index (χ1) is 12.1. The van der Waals surface area contributed by atoms with Crippen LogP contribution >= 0.6 is 27.3 Å². The molecule has 0 atom stereocenters. The molecule has 0 saturated carbocycles. The molecule has 3 aromatic rings. The van der Waals surface area contributed by atoms with Crippen molar-refractivity contribution in [3.05, 3.63) is 74.7 Å². The topological polar surface area (TPSA) is 48.7 Å². The van der Waals surface area contributed by atoms with Gasteiger partial charge in [-0.2, -0.15) is 5.26 Å². The summed E-state index contributed by atoms with van der Waals surface area (Å²) < 4.78 is 1.03. The van der Waals surface area contributed by atoms with Gasteiger partial charge in [0.2, 0.25) is 0 Å². The van der Waals surface area contributed by atoms with Gasteiger partial charge in [0.25, 0.3) is 0 Å². The molecule has 0 fully saturated rings. The van der Waals surface area contributed by atoms with E-state index in [-0.39, 0.29) is 0 Å². The zero-order chi connectivity index (χ0) is 17.8. The van der Waals surface area contributed by atoms with Crippen molar-refractivity contribution in [3.63, 3.8) is 0 Å². The molecule has 3 nitrogen and oxygen atoms in total. The van der Waals surface area contributed by atoms with Gasteiger partial charge >= 0.3 is 0 Å². The minimum atomic E-state index is 0.519. The molecule has 0 amide bonds. The maximum absolute atomic E-state index is 9.49. The number of rotatable bonds is 4. The molecule has 3 rings (SSSR count). The third-order valence-electron chi connectivity index (χ3n) is 3.76. The molecule has 0 bridgehead atoms. The van der Waals surface area contributed by atoms with Crippen molar-refractivity contribution in [2.45, 2.75) is 13.8 Å². The molecule has 2 aromatic carbocycles. The van der Waals surface area contributed by atoms with Crippen LogP contribution in [0.4, 0.5) is 5.69 Å². The summed E-state index contributed by atoms with van der Waals surface area (Å²) in [5.41, 5.74) is 5.74. The summed E-state index contributed by atoms with van der Waals surface area (Å²) in [6, 6.07) is 16.4. The number of halogens is 1. The van der Waals surface area contributed by atoms with E-state index < -0.39 is 0 Å². The van der Waals surface area contributed by atoms with Crippen molar-refractivity contribution in [2.75, 3.05) is 5.32 Å². The molecule has 0 aliphatic carbocycles. The lowest BCUT2D eigenvalue weighted by molar-refractivity contribution is 1.35. The Kier molecular flexibility index (Phi) is 5.32. The number of hydrogen-bond acceptors (Lipinski definition) is 4. The third kappa shape index (κ3) is 4.16. The number of hydrogen-bond donors (Lipinski definition) is 1. The Labute approximate surface area is 159 Å². The lowest BCUT2D eigenvalue weighted by Gasteiger charge is -2.06. The van der Waals surface area contributed by atoms with Crippen molar-refractivity contribution >= 4 is 38.5 Å². The highest BCUT2D eigenvalue weighted by Gasteiger charge is 2.09. The maximum Gasteiger partial charge on any atom is 0.136 e. The molecule has 1 aromatic heterocycles. The molecule has 0 saturated heterocycles. The predicted octanol–water partition coefficient (Wildman–Crippen LogP) is 6.17. The molecule has 0 aliphatic rings. The number of nitriles is 1. The molecule has 124 valence electrons. The smallest absolute Gasteiger partial charge is 0.136 e. The highest BCUT2D eigenvalue weighted by Crippen LogP contribution is 2.27. The van der Waals surface area contributed by atoms with E-state index in [4.69, 9.17) is 0 Å². The highest BCUT2D eigenvalue weighted by atomic mass is 79.9. The Balaban J connectivity index is 1.84. The molecular formula is C20H16BrN3S. The van der Waals surface area contributed by atoms with Gasteiger partial charge in [0.15, 0.2) is 0 Å². The van der Waals surface area contributed by atoms with Gasteiger partial charge < -0.3 is 5.32 Å².